The number of carbonyl (C=O) groups excluding carboxylic acids is 2. The lowest BCUT2D eigenvalue weighted by molar-refractivity contribution is -0.320. The van der Waals surface area contributed by atoms with Crippen molar-refractivity contribution in [2.45, 2.75) is 87.2 Å². The van der Waals surface area contributed by atoms with Gasteiger partial charge in [0.05, 0.1) is 36.6 Å². The van der Waals surface area contributed by atoms with Crippen molar-refractivity contribution in [2.24, 2.45) is 0 Å². The monoisotopic (exact) mass is 580 g/mol. The largest absolute Gasteiger partial charge is 0.462 e. The van der Waals surface area contributed by atoms with Gasteiger partial charge in [0.2, 0.25) is 17.6 Å². The van der Waals surface area contributed by atoms with Gasteiger partial charge in [-0.25, -0.2) is 0 Å². The molecule has 15 heteroatoms. The Morgan fingerprint density at radius 3 is 2.54 bits per heavy atom. The van der Waals surface area contributed by atoms with Crippen LogP contribution < -0.4 is 10.6 Å². The van der Waals surface area contributed by atoms with Gasteiger partial charge in [-0.3, -0.25) is 9.59 Å². The molecular weight excluding hydrogens is 540 g/mol. The van der Waals surface area contributed by atoms with Gasteiger partial charge in [0.1, 0.15) is 36.3 Å². The third-order valence-electron chi connectivity index (χ3n) is 6.72. The number of rotatable bonds is 13. The van der Waals surface area contributed by atoms with E-state index in [1.54, 1.807) is 7.05 Å². The van der Waals surface area contributed by atoms with E-state index in [4.69, 9.17) is 18.9 Å². The number of unbranched alkanes of at least 4 members (excludes halogenated alkanes) is 1. The number of aliphatic hydroxyl groups is 6. The molecule has 8 atom stereocenters. The highest BCUT2D eigenvalue weighted by atomic mass is 32.2. The van der Waals surface area contributed by atoms with Crippen LogP contribution in [0.15, 0.2) is 10.7 Å². The molecule has 39 heavy (non-hydrogen) atoms. The van der Waals surface area contributed by atoms with Crippen molar-refractivity contribution in [1.82, 2.24) is 10.6 Å². The lowest BCUT2D eigenvalue weighted by Crippen LogP contribution is -2.62. The van der Waals surface area contributed by atoms with Crippen LogP contribution in [0, 0.1) is 0 Å². The normalized spacial score (nSPS) is 33.3. The molecule has 0 aromatic carbocycles. The Hall–Kier alpha value is -1.53. The lowest BCUT2D eigenvalue weighted by atomic mass is 9.93. The van der Waals surface area contributed by atoms with Gasteiger partial charge in [-0.1, -0.05) is 0 Å². The van der Waals surface area contributed by atoms with Gasteiger partial charge < -0.3 is 60.2 Å². The summed E-state index contributed by atoms with van der Waals surface area (Å²) in [6.07, 6.45) is -6.78. The molecule has 3 heterocycles. The number of aliphatic hydroxyl groups excluding tert-OH is 6. The molecule has 3 aliphatic heterocycles. The highest BCUT2D eigenvalue weighted by Gasteiger charge is 2.55. The second-order valence-electron chi connectivity index (χ2n) is 9.71. The third kappa shape index (κ3) is 8.25. The highest BCUT2D eigenvalue weighted by molar-refractivity contribution is 8.03. The summed E-state index contributed by atoms with van der Waals surface area (Å²) < 4.78 is 23.4. The zero-order valence-corrected chi connectivity index (χ0v) is 22.7. The SMILES string of the molecule is CNC(=O)CCCCC(=O)NCCCOC1OC(CO)C(O)C2=C1SC[C@]1(CC(O)C(O)[C@H]([C@H](O)CO)O1)O2. The zero-order chi connectivity index (χ0) is 28.6. The molecule has 224 valence electrons. The minimum atomic E-state index is -1.52. The van der Waals surface area contributed by atoms with Crippen LogP contribution in [0.5, 0.6) is 0 Å². The molecule has 0 aliphatic carbocycles. The molecule has 0 aromatic rings. The van der Waals surface area contributed by atoms with Gasteiger partial charge in [-0.2, -0.15) is 0 Å². The number of ether oxygens (including phenoxy) is 4. The second kappa shape index (κ2) is 14.9. The summed E-state index contributed by atoms with van der Waals surface area (Å²) in [6, 6.07) is 0. The molecule has 3 rings (SSSR count). The Morgan fingerprint density at radius 1 is 1.15 bits per heavy atom. The maximum Gasteiger partial charge on any atom is 0.222 e. The van der Waals surface area contributed by atoms with Crippen LogP contribution in [0.3, 0.4) is 0 Å². The van der Waals surface area contributed by atoms with Gasteiger partial charge in [-0.15, -0.1) is 11.8 Å². The molecule has 0 radical (unpaired) electrons. The van der Waals surface area contributed by atoms with E-state index >= 15 is 0 Å². The highest BCUT2D eigenvalue weighted by Crippen LogP contribution is 2.47. The van der Waals surface area contributed by atoms with Gasteiger partial charge in [0.25, 0.3) is 0 Å². The maximum absolute atomic E-state index is 12.0. The molecule has 0 aromatic heterocycles. The van der Waals surface area contributed by atoms with Crippen LogP contribution in [0.25, 0.3) is 0 Å². The molecule has 8 N–H and O–H groups in total. The standard InChI is InChI=1S/C24H40N2O12S/c1-25-16(31)5-2-3-6-17(32)26-7-4-8-35-23-22-21(19(34)15(11-28)36-23)38-24(12-39-22)9-13(29)18(33)20(37-24)14(30)10-27/h13-15,18-20,23,27-30,33-34H,2-12H2,1H3,(H,25,31)(H,26,32)/t13?,14-,15?,18?,19?,20+,23?,24+/m1/s1. The van der Waals surface area contributed by atoms with Crippen molar-refractivity contribution in [3.63, 3.8) is 0 Å². The Labute approximate surface area is 230 Å². The first-order chi connectivity index (χ1) is 18.6. The Balaban J connectivity index is 1.54. The predicted octanol–water partition coefficient (Wildman–Crippen LogP) is -2.57. The van der Waals surface area contributed by atoms with E-state index in [0.29, 0.717) is 43.6 Å². The molecule has 1 saturated heterocycles. The Morgan fingerprint density at radius 2 is 1.87 bits per heavy atom. The fraction of sp³-hybridized carbons (Fsp3) is 0.833. The predicted molar refractivity (Wildman–Crippen MR) is 136 cm³/mol. The maximum atomic E-state index is 12.0. The van der Waals surface area contributed by atoms with Crippen molar-refractivity contribution >= 4 is 23.6 Å². The van der Waals surface area contributed by atoms with E-state index in [1.807, 2.05) is 0 Å². The van der Waals surface area contributed by atoms with Gasteiger partial charge in [-0.05, 0) is 19.3 Å². The van der Waals surface area contributed by atoms with Crippen LogP contribution >= 0.6 is 11.8 Å². The van der Waals surface area contributed by atoms with Gasteiger partial charge in [0.15, 0.2) is 6.29 Å². The quantitative estimate of drug-likeness (QED) is 0.105. The zero-order valence-electron chi connectivity index (χ0n) is 21.9. The summed E-state index contributed by atoms with van der Waals surface area (Å²) in [7, 11) is 1.57. The van der Waals surface area contributed by atoms with E-state index in [2.05, 4.69) is 10.6 Å². The van der Waals surface area contributed by atoms with E-state index in [1.165, 1.54) is 11.8 Å². The van der Waals surface area contributed by atoms with Crippen molar-refractivity contribution < 1.29 is 59.2 Å². The number of nitrogens with one attached hydrogen (secondary N) is 2. The lowest BCUT2D eigenvalue weighted by Gasteiger charge is -2.50. The minimum Gasteiger partial charge on any atom is -0.462 e. The Bertz CT molecular complexity index is 863. The van der Waals surface area contributed by atoms with Gasteiger partial charge >= 0.3 is 0 Å². The second-order valence-corrected chi connectivity index (χ2v) is 10.7. The average molecular weight is 581 g/mol. The number of thioether (sulfide) groups is 1. The van der Waals surface area contributed by atoms with E-state index in [9.17, 15) is 40.2 Å². The van der Waals surface area contributed by atoms with E-state index in [-0.39, 0.29) is 36.4 Å². The number of carbonyl (C=O) groups is 2. The van der Waals surface area contributed by atoms with Crippen molar-refractivity contribution in [3.8, 4) is 0 Å². The topological polar surface area (TPSA) is 216 Å². The molecule has 2 amide bonds. The first-order valence-corrected chi connectivity index (χ1v) is 14.0. The molecule has 0 bridgehead atoms. The summed E-state index contributed by atoms with van der Waals surface area (Å²) in [4.78, 5) is 23.6. The van der Waals surface area contributed by atoms with Crippen LogP contribution in [0.2, 0.25) is 0 Å². The fourth-order valence-corrected chi connectivity index (χ4v) is 5.70. The van der Waals surface area contributed by atoms with Crippen molar-refractivity contribution in [1.29, 1.82) is 0 Å². The molecule has 5 unspecified atom stereocenters. The average Bonchev–Trinajstić information content (AvgIpc) is 2.93. The summed E-state index contributed by atoms with van der Waals surface area (Å²) >= 11 is 1.19. The molecule has 1 fully saturated rings. The van der Waals surface area contributed by atoms with Crippen LogP contribution in [0.4, 0.5) is 0 Å². The van der Waals surface area contributed by atoms with E-state index < -0.39 is 61.9 Å². The molecule has 1 spiro atoms. The van der Waals surface area contributed by atoms with Crippen molar-refractivity contribution in [3.05, 3.63) is 10.7 Å². The van der Waals surface area contributed by atoms with Crippen LogP contribution in [-0.4, -0.2) is 130 Å². The van der Waals surface area contributed by atoms with E-state index in [0.717, 1.165) is 0 Å². The number of hydrogen-bond donors (Lipinski definition) is 8. The molecule has 3 aliphatic rings. The van der Waals surface area contributed by atoms with Crippen molar-refractivity contribution in [2.75, 3.05) is 39.2 Å². The number of hydrogen-bond acceptors (Lipinski definition) is 13. The summed E-state index contributed by atoms with van der Waals surface area (Å²) in [5.74, 6) is -1.57. The molecule has 0 saturated carbocycles. The third-order valence-corrected chi connectivity index (χ3v) is 8.01. The number of amides is 2. The summed E-state index contributed by atoms with van der Waals surface area (Å²) in [6.45, 7) is -0.704. The molecule has 14 nitrogen and oxygen atoms in total. The first-order valence-electron chi connectivity index (χ1n) is 13.1. The fourth-order valence-electron chi connectivity index (χ4n) is 4.52. The van der Waals surface area contributed by atoms with Crippen LogP contribution in [0.1, 0.15) is 38.5 Å². The first kappa shape index (κ1) is 32.0. The smallest absolute Gasteiger partial charge is 0.222 e. The summed E-state index contributed by atoms with van der Waals surface area (Å²) in [5.41, 5.74) is 0. The van der Waals surface area contributed by atoms with Gasteiger partial charge in [0, 0.05) is 32.9 Å². The van der Waals surface area contributed by atoms with Crippen LogP contribution in [-0.2, 0) is 28.5 Å². The minimum absolute atomic E-state index is 0.0347. The summed E-state index contributed by atoms with van der Waals surface area (Å²) in [5, 5.41) is 65.9. The molecular formula is C24H40N2O12S. The Kier molecular flexibility index (Phi) is 12.2.